The van der Waals surface area contributed by atoms with Crippen LogP contribution in [-0.4, -0.2) is 34.6 Å². The molecule has 0 unspecified atom stereocenters. The van der Waals surface area contributed by atoms with E-state index >= 15 is 0 Å². The first-order chi connectivity index (χ1) is 11.7. The van der Waals surface area contributed by atoms with Gasteiger partial charge in [0.05, 0.1) is 30.5 Å². The van der Waals surface area contributed by atoms with Crippen molar-refractivity contribution in [2.24, 2.45) is 0 Å². The van der Waals surface area contributed by atoms with E-state index in [0.29, 0.717) is 11.3 Å². The summed E-state index contributed by atoms with van der Waals surface area (Å²) in [5.74, 6) is -1.62. The number of anilines is 1. The smallest absolute Gasteiger partial charge is 0.348 e. The van der Waals surface area contributed by atoms with Crippen LogP contribution in [-0.2, 0) is 19.5 Å². The lowest BCUT2D eigenvalue weighted by Crippen LogP contribution is -2.16. The second kappa shape index (κ2) is 7.42. The average molecular weight is 404 g/mol. The van der Waals surface area contributed by atoms with Crippen molar-refractivity contribution in [3.8, 4) is 0 Å². The Bertz CT molecular complexity index is 935. The number of thiophene rings is 1. The van der Waals surface area contributed by atoms with Gasteiger partial charge in [-0.2, -0.15) is 0 Å². The number of sulfonamides is 1. The van der Waals surface area contributed by atoms with E-state index in [4.69, 9.17) is 11.6 Å². The fourth-order valence-corrected chi connectivity index (χ4v) is 5.10. The van der Waals surface area contributed by atoms with Crippen LogP contribution in [0.1, 0.15) is 25.6 Å². The van der Waals surface area contributed by atoms with Gasteiger partial charge in [-0.1, -0.05) is 23.7 Å². The highest BCUT2D eigenvalue weighted by molar-refractivity contribution is 7.94. The number of nitrogens with one attached hydrogen (secondary N) is 1. The number of hydrogen-bond donors (Lipinski definition) is 1. The molecule has 0 bridgehead atoms. The summed E-state index contributed by atoms with van der Waals surface area (Å²) in [6, 6.07) is 6.23. The lowest BCUT2D eigenvalue weighted by atomic mass is 10.2. The number of rotatable bonds is 5. The van der Waals surface area contributed by atoms with Crippen LogP contribution in [0.15, 0.2) is 28.5 Å². The normalized spacial score (nSPS) is 11.0. The van der Waals surface area contributed by atoms with Gasteiger partial charge in [0.15, 0.2) is 4.21 Å². The third-order valence-electron chi connectivity index (χ3n) is 3.24. The molecule has 0 atom stereocenters. The van der Waals surface area contributed by atoms with Gasteiger partial charge in [-0.25, -0.2) is 18.0 Å². The van der Waals surface area contributed by atoms with Crippen molar-refractivity contribution in [1.82, 2.24) is 0 Å². The van der Waals surface area contributed by atoms with E-state index in [1.54, 1.807) is 12.1 Å². The lowest BCUT2D eigenvalue weighted by Gasteiger charge is -2.09. The molecule has 1 aromatic heterocycles. The first kappa shape index (κ1) is 19.2. The largest absolute Gasteiger partial charge is 0.465 e. The van der Waals surface area contributed by atoms with Gasteiger partial charge in [0.2, 0.25) is 0 Å². The summed E-state index contributed by atoms with van der Waals surface area (Å²) < 4.78 is 36.7. The molecule has 0 saturated carbocycles. The molecule has 0 fully saturated rings. The molecule has 0 amide bonds. The number of methoxy groups -OCH3 is 2. The molecule has 134 valence electrons. The molecular formula is C15H14ClNO6S2. The number of carbonyl (C=O) groups excluding carboxylic acids is 2. The summed E-state index contributed by atoms with van der Waals surface area (Å²) in [6.45, 7) is 1.45. The maximum absolute atomic E-state index is 12.8. The molecule has 1 heterocycles. The average Bonchev–Trinajstić information content (AvgIpc) is 2.93. The van der Waals surface area contributed by atoms with Gasteiger partial charge in [0.25, 0.3) is 10.0 Å². The van der Waals surface area contributed by atoms with E-state index in [9.17, 15) is 18.0 Å². The van der Waals surface area contributed by atoms with Crippen LogP contribution in [0.3, 0.4) is 0 Å². The second-order valence-electron chi connectivity index (χ2n) is 4.79. The van der Waals surface area contributed by atoms with Crippen LogP contribution < -0.4 is 4.72 Å². The molecular weight excluding hydrogens is 390 g/mol. The van der Waals surface area contributed by atoms with Gasteiger partial charge in [0.1, 0.15) is 4.88 Å². The van der Waals surface area contributed by atoms with E-state index in [1.165, 1.54) is 19.1 Å². The van der Waals surface area contributed by atoms with E-state index in [-0.39, 0.29) is 30.9 Å². The maximum Gasteiger partial charge on any atom is 0.348 e. The molecule has 7 nitrogen and oxygen atoms in total. The number of carbonyl (C=O) groups is 2. The van der Waals surface area contributed by atoms with Crippen LogP contribution in [0.4, 0.5) is 5.69 Å². The Kier molecular flexibility index (Phi) is 5.71. The summed E-state index contributed by atoms with van der Waals surface area (Å²) >= 11 is 6.59. The van der Waals surface area contributed by atoms with Crippen LogP contribution in [0, 0.1) is 6.92 Å². The zero-order valence-electron chi connectivity index (χ0n) is 13.5. The molecule has 0 aliphatic heterocycles. The first-order valence-electron chi connectivity index (χ1n) is 6.80. The first-order valence-corrected chi connectivity index (χ1v) is 9.48. The molecule has 2 rings (SSSR count). The number of hydrogen-bond acceptors (Lipinski definition) is 7. The topological polar surface area (TPSA) is 98.8 Å². The van der Waals surface area contributed by atoms with Crippen LogP contribution in [0.2, 0.25) is 5.02 Å². The van der Waals surface area contributed by atoms with Crippen LogP contribution in [0.5, 0.6) is 0 Å². The number of esters is 2. The van der Waals surface area contributed by atoms with Crippen LogP contribution >= 0.6 is 22.9 Å². The fourth-order valence-electron chi connectivity index (χ4n) is 2.04. The minimum absolute atomic E-state index is 0.00225. The van der Waals surface area contributed by atoms with Gasteiger partial charge >= 0.3 is 11.9 Å². The zero-order valence-corrected chi connectivity index (χ0v) is 15.8. The summed E-state index contributed by atoms with van der Waals surface area (Å²) in [6.07, 6.45) is 0. The monoisotopic (exact) mass is 403 g/mol. The van der Waals surface area contributed by atoms with Gasteiger partial charge in [-0.3, -0.25) is 4.72 Å². The lowest BCUT2D eigenvalue weighted by molar-refractivity contribution is 0.0596. The second-order valence-corrected chi connectivity index (χ2v) is 8.09. The molecule has 1 N–H and O–H groups in total. The van der Waals surface area contributed by atoms with Gasteiger partial charge in [-0.05, 0) is 24.6 Å². The minimum Gasteiger partial charge on any atom is -0.465 e. The van der Waals surface area contributed by atoms with Gasteiger partial charge < -0.3 is 9.47 Å². The molecule has 0 aliphatic carbocycles. The molecule has 0 radical (unpaired) electrons. The quantitative estimate of drug-likeness (QED) is 0.770. The SMILES string of the molecule is COC(=O)c1sc(S(=O)(=O)Nc2ccccc2Cl)c(C(=O)OC)c1C. The molecule has 25 heavy (non-hydrogen) atoms. The molecule has 2 aromatic rings. The summed E-state index contributed by atoms with van der Waals surface area (Å²) in [4.78, 5) is 23.9. The standard InChI is InChI=1S/C15H14ClNO6S2/c1-8-11(13(18)22-2)15(24-12(8)14(19)23-3)25(20,21)17-10-7-5-4-6-9(10)16/h4-7,17H,1-3H3. The van der Waals surface area contributed by atoms with Gasteiger partial charge in [0, 0.05) is 0 Å². The van der Waals surface area contributed by atoms with E-state index in [0.717, 1.165) is 14.2 Å². The predicted molar refractivity (Wildman–Crippen MR) is 94.0 cm³/mol. The summed E-state index contributed by atoms with van der Waals surface area (Å²) in [7, 11) is -1.91. The van der Waals surface area contributed by atoms with Crippen molar-refractivity contribution in [2.45, 2.75) is 11.1 Å². The third kappa shape index (κ3) is 3.78. The highest BCUT2D eigenvalue weighted by atomic mass is 35.5. The molecule has 0 spiro atoms. The number of halogens is 1. The van der Waals surface area contributed by atoms with E-state index in [1.807, 2.05) is 0 Å². The Morgan fingerprint density at radius 1 is 1.12 bits per heavy atom. The highest BCUT2D eigenvalue weighted by Gasteiger charge is 2.32. The Morgan fingerprint density at radius 3 is 2.28 bits per heavy atom. The Hall–Kier alpha value is -2.10. The Labute approximate surface area is 153 Å². The van der Waals surface area contributed by atoms with Crippen molar-refractivity contribution in [2.75, 3.05) is 18.9 Å². The van der Waals surface area contributed by atoms with E-state index < -0.39 is 22.0 Å². The number of benzene rings is 1. The van der Waals surface area contributed by atoms with Crippen molar-refractivity contribution < 1.29 is 27.5 Å². The maximum atomic E-state index is 12.8. The molecule has 0 aliphatic rings. The number of para-hydroxylation sites is 1. The van der Waals surface area contributed by atoms with Crippen molar-refractivity contribution in [3.05, 3.63) is 45.3 Å². The van der Waals surface area contributed by atoms with E-state index in [2.05, 4.69) is 14.2 Å². The highest BCUT2D eigenvalue weighted by Crippen LogP contribution is 2.35. The molecule has 0 saturated heterocycles. The Morgan fingerprint density at radius 2 is 1.72 bits per heavy atom. The minimum atomic E-state index is -4.19. The molecule has 1 aromatic carbocycles. The van der Waals surface area contributed by atoms with Crippen LogP contribution in [0.25, 0.3) is 0 Å². The van der Waals surface area contributed by atoms with Crippen molar-refractivity contribution in [1.29, 1.82) is 0 Å². The summed E-state index contributed by atoms with van der Waals surface area (Å²) in [5, 5.41) is 0.187. The number of ether oxygens (including phenoxy) is 2. The van der Waals surface area contributed by atoms with Crippen molar-refractivity contribution >= 4 is 50.6 Å². The molecule has 10 heteroatoms. The van der Waals surface area contributed by atoms with Gasteiger partial charge in [-0.15, -0.1) is 11.3 Å². The third-order valence-corrected chi connectivity index (χ3v) is 6.72. The fraction of sp³-hybridized carbons (Fsp3) is 0.200. The van der Waals surface area contributed by atoms with Crippen molar-refractivity contribution in [3.63, 3.8) is 0 Å². The Balaban J connectivity index is 2.62. The zero-order chi connectivity index (χ0) is 18.8. The predicted octanol–water partition coefficient (Wildman–Crippen LogP) is 3.08. The summed E-state index contributed by atoms with van der Waals surface area (Å²) in [5.41, 5.74) is 0.0985.